The molecule has 1 unspecified atom stereocenters. The van der Waals surface area contributed by atoms with Gasteiger partial charge in [-0.2, -0.15) is 0 Å². The third-order valence-corrected chi connectivity index (χ3v) is 8.16. The zero-order chi connectivity index (χ0) is 21.7. The smallest absolute Gasteiger partial charge is 0.210 e. The minimum Gasteiger partial charge on any atom is -0.493 e. The van der Waals surface area contributed by atoms with Gasteiger partial charge in [0, 0.05) is 54.2 Å². The molecule has 4 heterocycles. The third-order valence-electron chi connectivity index (χ3n) is 6.28. The summed E-state index contributed by atoms with van der Waals surface area (Å²) in [6, 6.07) is 3.13. The zero-order valence-corrected chi connectivity index (χ0v) is 18.3. The molecule has 2 aromatic heterocycles. The number of hydrogen-bond donors (Lipinski definition) is 1. The molecule has 1 aliphatic carbocycles. The van der Waals surface area contributed by atoms with Gasteiger partial charge in [0.05, 0.1) is 17.6 Å². The number of halogens is 1. The molecule has 2 aliphatic heterocycles. The van der Waals surface area contributed by atoms with Crippen LogP contribution in [0.25, 0.3) is 11.2 Å². The maximum absolute atomic E-state index is 14.5. The number of rotatable bonds is 6. The van der Waals surface area contributed by atoms with Crippen LogP contribution in [0.3, 0.4) is 0 Å². The summed E-state index contributed by atoms with van der Waals surface area (Å²) in [7, 11) is -0.874. The highest BCUT2D eigenvalue weighted by molar-refractivity contribution is 7.83. The summed E-state index contributed by atoms with van der Waals surface area (Å²) in [5.74, 6) is 1.05. The van der Waals surface area contributed by atoms with Gasteiger partial charge in [-0.25, -0.2) is 17.9 Å². The largest absolute Gasteiger partial charge is 0.493 e. The van der Waals surface area contributed by atoms with E-state index in [1.54, 1.807) is 23.0 Å². The quantitative estimate of drug-likeness (QED) is 0.617. The van der Waals surface area contributed by atoms with Crippen molar-refractivity contribution < 1.29 is 13.3 Å². The average molecular weight is 455 g/mol. The first-order chi connectivity index (χ1) is 15.7. The van der Waals surface area contributed by atoms with Crippen LogP contribution >= 0.6 is 0 Å². The molecule has 1 fully saturated rings. The number of nitrogens with zero attached hydrogens (tertiary/aromatic N) is 5. The lowest BCUT2D eigenvalue weighted by Gasteiger charge is -2.25. The molecule has 1 N–H and O–H groups in total. The van der Waals surface area contributed by atoms with E-state index in [0.29, 0.717) is 48.5 Å². The minimum atomic E-state index is -0.874. The molecule has 166 valence electrons. The second-order valence-electron chi connectivity index (χ2n) is 8.32. The maximum atomic E-state index is 14.5. The van der Waals surface area contributed by atoms with Crippen molar-refractivity contribution in [2.75, 3.05) is 25.0 Å². The van der Waals surface area contributed by atoms with E-state index in [9.17, 15) is 8.60 Å². The minimum absolute atomic E-state index is 0.251. The summed E-state index contributed by atoms with van der Waals surface area (Å²) in [6.45, 7) is 2.30. The number of aromatic nitrogens is 4. The second kappa shape index (κ2) is 7.93. The predicted molar refractivity (Wildman–Crippen MR) is 119 cm³/mol. The molecule has 8 nitrogen and oxygen atoms in total. The lowest BCUT2D eigenvalue weighted by Crippen LogP contribution is -2.32. The van der Waals surface area contributed by atoms with Crippen LogP contribution in [-0.4, -0.2) is 53.0 Å². The summed E-state index contributed by atoms with van der Waals surface area (Å²) < 4.78 is 36.3. The molecule has 32 heavy (non-hydrogen) atoms. The Hall–Kier alpha value is -2.85. The van der Waals surface area contributed by atoms with Crippen LogP contribution in [0.5, 0.6) is 5.75 Å². The molecule has 1 saturated carbocycles. The molecule has 6 rings (SSSR count). The molecule has 3 aliphatic rings. The van der Waals surface area contributed by atoms with Gasteiger partial charge >= 0.3 is 0 Å². The number of anilines is 1. The van der Waals surface area contributed by atoms with Gasteiger partial charge < -0.3 is 10.1 Å². The predicted octanol–water partition coefficient (Wildman–Crippen LogP) is 2.73. The topological polar surface area (TPSA) is 84.7 Å². The van der Waals surface area contributed by atoms with Crippen LogP contribution < -0.4 is 10.1 Å². The van der Waals surface area contributed by atoms with Gasteiger partial charge in [0.15, 0.2) is 5.65 Å². The molecule has 1 aromatic carbocycles. The van der Waals surface area contributed by atoms with Crippen LogP contribution in [0.4, 0.5) is 10.3 Å². The van der Waals surface area contributed by atoms with Crippen LogP contribution in [0.15, 0.2) is 30.7 Å². The summed E-state index contributed by atoms with van der Waals surface area (Å²) in [5, 5.41) is 12.0. The van der Waals surface area contributed by atoms with E-state index >= 15 is 0 Å². The van der Waals surface area contributed by atoms with E-state index in [4.69, 9.17) is 4.74 Å². The highest BCUT2D eigenvalue weighted by Gasteiger charge is 2.33. The first-order valence-electron chi connectivity index (χ1n) is 10.9. The maximum Gasteiger partial charge on any atom is 0.210 e. The fourth-order valence-corrected chi connectivity index (χ4v) is 5.84. The molecule has 3 aromatic rings. The van der Waals surface area contributed by atoms with Crippen LogP contribution in [0.1, 0.15) is 36.0 Å². The Kier molecular flexibility index (Phi) is 4.91. The van der Waals surface area contributed by atoms with Crippen molar-refractivity contribution in [2.45, 2.75) is 37.5 Å². The van der Waals surface area contributed by atoms with Gasteiger partial charge in [0.2, 0.25) is 5.95 Å². The van der Waals surface area contributed by atoms with E-state index in [1.807, 2.05) is 4.31 Å². The lowest BCUT2D eigenvalue weighted by molar-refractivity contribution is 0.356. The SMILES string of the molecule is O=S(C1CC1)N1CC=C(c2cnc(NCc3c(F)ccc4c3CCO4)n3cnnc23)CC1. The number of hydrogen-bond acceptors (Lipinski definition) is 6. The second-order valence-corrected chi connectivity index (χ2v) is 10.1. The Morgan fingerprint density at radius 2 is 2.19 bits per heavy atom. The Morgan fingerprint density at radius 3 is 3.00 bits per heavy atom. The van der Waals surface area contributed by atoms with E-state index in [-0.39, 0.29) is 5.82 Å². The van der Waals surface area contributed by atoms with Crippen molar-refractivity contribution in [2.24, 2.45) is 0 Å². The summed E-state index contributed by atoms with van der Waals surface area (Å²) in [6.07, 6.45) is 9.15. The van der Waals surface area contributed by atoms with Crippen molar-refractivity contribution >= 4 is 28.2 Å². The van der Waals surface area contributed by atoms with Crippen LogP contribution in [-0.2, 0) is 24.0 Å². The molecule has 1 atom stereocenters. The fraction of sp³-hybridized carbons (Fsp3) is 0.409. The molecule has 0 amide bonds. The molecule has 10 heteroatoms. The van der Waals surface area contributed by atoms with Crippen molar-refractivity contribution in [1.82, 2.24) is 23.9 Å². The Morgan fingerprint density at radius 1 is 1.28 bits per heavy atom. The first-order valence-corrected chi connectivity index (χ1v) is 12.1. The Labute approximate surface area is 187 Å². The van der Waals surface area contributed by atoms with Gasteiger partial charge in [0.1, 0.15) is 17.9 Å². The van der Waals surface area contributed by atoms with Crippen molar-refractivity contribution in [3.8, 4) is 5.75 Å². The number of benzene rings is 1. The van der Waals surface area contributed by atoms with E-state index in [2.05, 4.69) is 26.6 Å². The van der Waals surface area contributed by atoms with Crippen molar-refractivity contribution in [3.63, 3.8) is 0 Å². The van der Waals surface area contributed by atoms with Gasteiger partial charge in [-0.1, -0.05) is 6.08 Å². The molecule has 0 spiro atoms. The molecular weight excluding hydrogens is 431 g/mol. The lowest BCUT2D eigenvalue weighted by atomic mass is 10.0. The van der Waals surface area contributed by atoms with E-state index < -0.39 is 11.0 Å². The summed E-state index contributed by atoms with van der Waals surface area (Å²) in [5.41, 5.74) is 4.27. The van der Waals surface area contributed by atoms with Gasteiger partial charge in [-0.3, -0.25) is 4.40 Å². The van der Waals surface area contributed by atoms with Crippen molar-refractivity contribution in [3.05, 3.63) is 53.2 Å². The Balaban J connectivity index is 1.24. The summed E-state index contributed by atoms with van der Waals surface area (Å²) >= 11 is 0. The van der Waals surface area contributed by atoms with Gasteiger partial charge in [-0.05, 0) is 37.0 Å². The summed E-state index contributed by atoms with van der Waals surface area (Å²) in [4.78, 5) is 4.59. The van der Waals surface area contributed by atoms with Gasteiger partial charge in [-0.15, -0.1) is 10.2 Å². The monoisotopic (exact) mass is 454 g/mol. The zero-order valence-electron chi connectivity index (χ0n) is 17.5. The number of fused-ring (bicyclic) bond motifs is 2. The molecule has 0 radical (unpaired) electrons. The molecular formula is C22H23FN6O2S. The number of ether oxygens (including phenoxy) is 1. The first kappa shape index (κ1) is 19.8. The van der Waals surface area contributed by atoms with Crippen molar-refractivity contribution in [1.29, 1.82) is 0 Å². The normalized spacial score (nSPS) is 19.5. The molecule has 0 saturated heterocycles. The van der Waals surface area contributed by atoms with Crippen LogP contribution in [0.2, 0.25) is 0 Å². The Bertz CT molecular complexity index is 1250. The fourth-order valence-electron chi connectivity index (χ4n) is 4.39. The number of nitrogens with one attached hydrogen (secondary N) is 1. The highest BCUT2D eigenvalue weighted by atomic mass is 32.2. The van der Waals surface area contributed by atoms with Crippen LogP contribution in [0, 0.1) is 5.82 Å². The third kappa shape index (κ3) is 3.47. The standard InChI is InChI=1S/C22H23FN6O2S/c23-19-3-4-20-16(7-10-31-20)18(19)12-25-22-24-11-17(21-27-26-13-29(21)22)14-5-8-28(9-6-14)32(30)15-1-2-15/h3-5,11,13,15H,1-2,6-10,12H2,(H,24,25). The van der Waals surface area contributed by atoms with E-state index in [1.165, 1.54) is 6.07 Å². The molecule has 0 bridgehead atoms. The van der Waals surface area contributed by atoms with E-state index in [0.717, 1.165) is 48.3 Å². The average Bonchev–Trinajstić information content (AvgIpc) is 3.35. The highest BCUT2D eigenvalue weighted by Crippen LogP contribution is 2.33. The van der Waals surface area contributed by atoms with Gasteiger partial charge in [0.25, 0.3) is 0 Å².